The molecule has 2 aromatic rings. The van der Waals surface area contributed by atoms with Crippen LogP contribution in [0.4, 0.5) is 5.69 Å². The maximum absolute atomic E-state index is 6.16. The van der Waals surface area contributed by atoms with Crippen molar-refractivity contribution in [2.24, 2.45) is 0 Å². The molecule has 3 heteroatoms. The highest BCUT2D eigenvalue weighted by Crippen LogP contribution is 2.29. The van der Waals surface area contributed by atoms with Crippen molar-refractivity contribution in [1.82, 2.24) is 0 Å². The van der Waals surface area contributed by atoms with Crippen LogP contribution in [0.25, 0.3) is 0 Å². The molecule has 0 saturated heterocycles. The molecule has 20 heavy (non-hydrogen) atoms. The van der Waals surface area contributed by atoms with Gasteiger partial charge in [0.15, 0.2) is 0 Å². The lowest BCUT2D eigenvalue weighted by molar-refractivity contribution is 0.302. The van der Waals surface area contributed by atoms with E-state index in [1.165, 1.54) is 11.1 Å². The second-order valence-electron chi connectivity index (χ2n) is 5.34. The third kappa shape index (κ3) is 3.45. The molecule has 0 amide bonds. The van der Waals surface area contributed by atoms with Crippen LogP contribution >= 0.6 is 11.6 Å². The van der Waals surface area contributed by atoms with Crippen LogP contribution in [0.5, 0.6) is 5.75 Å². The first kappa shape index (κ1) is 14.7. The summed E-state index contributed by atoms with van der Waals surface area (Å²) >= 11 is 6.16. The van der Waals surface area contributed by atoms with E-state index in [0.29, 0.717) is 23.2 Å². The Bertz CT molecular complexity index is 608. The van der Waals surface area contributed by atoms with E-state index in [-0.39, 0.29) is 0 Å². The zero-order valence-corrected chi connectivity index (χ0v) is 12.9. The van der Waals surface area contributed by atoms with Crippen molar-refractivity contribution in [3.63, 3.8) is 0 Å². The lowest BCUT2D eigenvalue weighted by Crippen LogP contribution is -2.01. The third-order valence-corrected chi connectivity index (χ3v) is 3.61. The minimum Gasteiger partial charge on any atom is -0.489 e. The highest BCUT2D eigenvalue weighted by atomic mass is 35.5. The van der Waals surface area contributed by atoms with Crippen LogP contribution in [0.1, 0.15) is 36.5 Å². The van der Waals surface area contributed by atoms with Gasteiger partial charge in [0.1, 0.15) is 12.4 Å². The third-order valence-electron chi connectivity index (χ3n) is 3.24. The van der Waals surface area contributed by atoms with E-state index in [9.17, 15) is 0 Å². The van der Waals surface area contributed by atoms with E-state index in [4.69, 9.17) is 22.1 Å². The van der Waals surface area contributed by atoms with Crippen molar-refractivity contribution in [3.8, 4) is 5.75 Å². The van der Waals surface area contributed by atoms with Gasteiger partial charge in [0.25, 0.3) is 0 Å². The Labute approximate surface area is 125 Å². The second kappa shape index (κ2) is 6.19. The largest absolute Gasteiger partial charge is 0.489 e. The molecule has 0 fully saturated rings. The van der Waals surface area contributed by atoms with E-state index < -0.39 is 0 Å². The molecule has 106 valence electrons. The highest BCUT2D eigenvalue weighted by molar-refractivity contribution is 6.31. The molecule has 0 aliphatic heterocycles. The van der Waals surface area contributed by atoms with Gasteiger partial charge in [-0.1, -0.05) is 37.6 Å². The zero-order chi connectivity index (χ0) is 14.7. The summed E-state index contributed by atoms with van der Waals surface area (Å²) in [6.45, 7) is 6.80. The minimum atomic E-state index is 0.418. The van der Waals surface area contributed by atoms with E-state index in [0.717, 1.165) is 11.3 Å². The minimum absolute atomic E-state index is 0.418. The number of hydrogen-bond donors (Lipinski definition) is 1. The van der Waals surface area contributed by atoms with Gasteiger partial charge in [-0.05, 0) is 48.2 Å². The predicted octanol–water partition coefficient (Wildman–Crippen LogP) is 4.93. The van der Waals surface area contributed by atoms with Crippen molar-refractivity contribution in [1.29, 1.82) is 0 Å². The van der Waals surface area contributed by atoms with Gasteiger partial charge in [0, 0.05) is 16.3 Å². The van der Waals surface area contributed by atoms with Crippen LogP contribution < -0.4 is 10.5 Å². The molecule has 2 aromatic carbocycles. The molecular formula is C17H20ClNO. The fourth-order valence-electron chi connectivity index (χ4n) is 2.10. The van der Waals surface area contributed by atoms with E-state index >= 15 is 0 Å². The molecule has 0 radical (unpaired) electrons. The Balaban J connectivity index is 2.22. The van der Waals surface area contributed by atoms with Gasteiger partial charge in [-0.2, -0.15) is 0 Å². The molecule has 0 saturated carbocycles. The van der Waals surface area contributed by atoms with Crippen LogP contribution in [0.2, 0.25) is 5.02 Å². The number of anilines is 1. The van der Waals surface area contributed by atoms with Crippen LogP contribution in [-0.4, -0.2) is 0 Å². The summed E-state index contributed by atoms with van der Waals surface area (Å²) in [6.07, 6.45) is 0. The fourth-order valence-corrected chi connectivity index (χ4v) is 2.28. The van der Waals surface area contributed by atoms with Crippen molar-refractivity contribution >= 4 is 17.3 Å². The lowest BCUT2D eigenvalue weighted by Gasteiger charge is -2.15. The SMILES string of the molecule is Cc1ccc(C(C)C)c(OCc2cc(N)ccc2Cl)c1. The maximum atomic E-state index is 6.16. The number of rotatable bonds is 4. The first-order valence-electron chi connectivity index (χ1n) is 6.74. The Morgan fingerprint density at radius 2 is 1.90 bits per heavy atom. The molecule has 2 rings (SSSR count). The number of halogens is 1. The summed E-state index contributed by atoms with van der Waals surface area (Å²) in [5, 5.41) is 0.679. The Kier molecular flexibility index (Phi) is 4.56. The van der Waals surface area contributed by atoms with Gasteiger partial charge in [0.2, 0.25) is 0 Å². The van der Waals surface area contributed by atoms with Crippen molar-refractivity contribution < 1.29 is 4.74 Å². The standard InChI is InChI=1S/C17H20ClNO/c1-11(2)15-6-4-12(3)8-17(15)20-10-13-9-14(19)5-7-16(13)18/h4-9,11H,10,19H2,1-3H3. The summed E-state index contributed by atoms with van der Waals surface area (Å²) < 4.78 is 5.96. The van der Waals surface area contributed by atoms with Gasteiger partial charge in [0.05, 0.1) is 0 Å². The molecule has 0 aliphatic rings. The van der Waals surface area contributed by atoms with Gasteiger partial charge >= 0.3 is 0 Å². The van der Waals surface area contributed by atoms with Crippen LogP contribution in [0.3, 0.4) is 0 Å². The molecule has 0 aromatic heterocycles. The van der Waals surface area contributed by atoms with Crippen molar-refractivity contribution in [2.45, 2.75) is 33.3 Å². The van der Waals surface area contributed by atoms with E-state index in [2.05, 4.69) is 39.0 Å². The van der Waals surface area contributed by atoms with Crippen LogP contribution in [0.15, 0.2) is 36.4 Å². The van der Waals surface area contributed by atoms with Gasteiger partial charge < -0.3 is 10.5 Å². The molecule has 0 atom stereocenters. The smallest absolute Gasteiger partial charge is 0.123 e. The number of ether oxygens (including phenoxy) is 1. The Morgan fingerprint density at radius 3 is 2.60 bits per heavy atom. The first-order chi connectivity index (χ1) is 9.47. The molecule has 0 heterocycles. The normalized spacial score (nSPS) is 10.8. The van der Waals surface area contributed by atoms with Gasteiger partial charge in [-0.15, -0.1) is 0 Å². The monoisotopic (exact) mass is 289 g/mol. The molecule has 0 unspecified atom stereocenters. The topological polar surface area (TPSA) is 35.2 Å². The number of aryl methyl sites for hydroxylation is 1. The summed E-state index contributed by atoms with van der Waals surface area (Å²) in [5.41, 5.74) is 9.77. The van der Waals surface area contributed by atoms with E-state index in [1.54, 1.807) is 12.1 Å². The number of nitrogens with two attached hydrogens (primary N) is 1. The maximum Gasteiger partial charge on any atom is 0.123 e. The molecule has 2 nitrogen and oxygen atoms in total. The number of hydrogen-bond acceptors (Lipinski definition) is 2. The highest BCUT2D eigenvalue weighted by Gasteiger charge is 2.09. The Morgan fingerprint density at radius 1 is 1.15 bits per heavy atom. The van der Waals surface area contributed by atoms with Crippen molar-refractivity contribution in [3.05, 3.63) is 58.1 Å². The van der Waals surface area contributed by atoms with Gasteiger partial charge in [-0.3, -0.25) is 0 Å². The second-order valence-corrected chi connectivity index (χ2v) is 5.74. The molecular weight excluding hydrogens is 270 g/mol. The Hall–Kier alpha value is -1.67. The average Bonchev–Trinajstić information content (AvgIpc) is 2.39. The number of benzene rings is 2. The quantitative estimate of drug-likeness (QED) is 0.810. The predicted molar refractivity (Wildman–Crippen MR) is 85.5 cm³/mol. The van der Waals surface area contributed by atoms with E-state index in [1.807, 2.05) is 6.07 Å². The fraction of sp³-hybridized carbons (Fsp3) is 0.294. The van der Waals surface area contributed by atoms with Crippen LogP contribution in [0, 0.1) is 6.92 Å². The van der Waals surface area contributed by atoms with Gasteiger partial charge in [-0.25, -0.2) is 0 Å². The zero-order valence-electron chi connectivity index (χ0n) is 12.1. The lowest BCUT2D eigenvalue weighted by atomic mass is 10.0. The first-order valence-corrected chi connectivity index (χ1v) is 7.12. The molecule has 0 spiro atoms. The summed E-state index contributed by atoms with van der Waals surface area (Å²) in [6, 6.07) is 11.7. The number of nitrogen functional groups attached to an aromatic ring is 1. The average molecular weight is 290 g/mol. The summed E-state index contributed by atoms with van der Waals surface area (Å²) in [5.74, 6) is 1.33. The molecule has 2 N–H and O–H groups in total. The summed E-state index contributed by atoms with van der Waals surface area (Å²) in [4.78, 5) is 0. The van der Waals surface area contributed by atoms with Crippen LogP contribution in [-0.2, 0) is 6.61 Å². The molecule has 0 bridgehead atoms. The summed E-state index contributed by atoms with van der Waals surface area (Å²) in [7, 11) is 0. The van der Waals surface area contributed by atoms with Crippen molar-refractivity contribution in [2.75, 3.05) is 5.73 Å². The molecule has 0 aliphatic carbocycles.